The number of aliphatic hydroxyl groups is 1. The summed E-state index contributed by atoms with van der Waals surface area (Å²) in [5.41, 5.74) is 0.145. The minimum atomic E-state index is -0.987. The van der Waals surface area contributed by atoms with Crippen molar-refractivity contribution in [3.63, 3.8) is 0 Å². The van der Waals surface area contributed by atoms with Gasteiger partial charge in [-0.25, -0.2) is 4.79 Å². The van der Waals surface area contributed by atoms with Crippen LogP contribution in [0.15, 0.2) is 33.9 Å². The molecule has 0 spiro atoms. The summed E-state index contributed by atoms with van der Waals surface area (Å²) in [6, 6.07) is 7.43. The molecule has 31 heavy (non-hydrogen) atoms. The van der Waals surface area contributed by atoms with Crippen LogP contribution in [0.5, 0.6) is 5.75 Å². The second-order valence-electron chi connectivity index (χ2n) is 7.18. The molecular formula is C20H26N6O5. The number of hydrogen-bond acceptors (Lipinski definition) is 7. The number of hydrogen-bond donors (Lipinski definition) is 3. The van der Waals surface area contributed by atoms with E-state index in [1.165, 1.54) is 30.3 Å². The summed E-state index contributed by atoms with van der Waals surface area (Å²) in [5.74, 6) is 0.545. The number of carbonyl (C=O) groups excluding carboxylic acids is 1. The van der Waals surface area contributed by atoms with E-state index in [9.17, 15) is 19.5 Å². The molecule has 3 rings (SSSR count). The second kappa shape index (κ2) is 9.04. The van der Waals surface area contributed by atoms with E-state index in [1.54, 1.807) is 6.07 Å². The fourth-order valence-corrected chi connectivity index (χ4v) is 3.17. The van der Waals surface area contributed by atoms with Crippen LogP contribution in [0.4, 0.5) is 5.95 Å². The van der Waals surface area contributed by atoms with Gasteiger partial charge in [-0.05, 0) is 18.6 Å². The molecule has 1 atom stereocenters. The smallest absolute Gasteiger partial charge is 0.332 e. The minimum absolute atomic E-state index is 0.0223. The summed E-state index contributed by atoms with van der Waals surface area (Å²) in [6.07, 6.45) is -0.987. The molecule has 0 bridgehead atoms. The summed E-state index contributed by atoms with van der Waals surface area (Å²) in [5, 5.41) is 16.0. The number of imidazole rings is 1. The first-order chi connectivity index (χ1) is 14.7. The Morgan fingerprint density at radius 1 is 1.23 bits per heavy atom. The van der Waals surface area contributed by atoms with Gasteiger partial charge in [-0.2, -0.15) is 4.98 Å². The van der Waals surface area contributed by atoms with Crippen molar-refractivity contribution in [2.45, 2.75) is 19.6 Å². The Kier molecular flexibility index (Phi) is 6.44. The number of nitrogens with zero attached hydrogens (tertiary/aromatic N) is 4. The Morgan fingerprint density at radius 2 is 1.94 bits per heavy atom. The molecule has 2 aromatic heterocycles. The van der Waals surface area contributed by atoms with E-state index >= 15 is 0 Å². The van der Waals surface area contributed by atoms with Crippen LogP contribution in [-0.4, -0.2) is 56.0 Å². The highest BCUT2D eigenvalue weighted by Gasteiger charge is 2.21. The quantitative estimate of drug-likeness (QED) is 0.432. The zero-order valence-electron chi connectivity index (χ0n) is 17.9. The lowest BCUT2D eigenvalue weighted by molar-refractivity contribution is -0.118. The molecular weight excluding hydrogens is 404 g/mol. The maximum atomic E-state index is 12.8. The van der Waals surface area contributed by atoms with Gasteiger partial charge in [0.2, 0.25) is 11.9 Å². The van der Waals surface area contributed by atoms with Gasteiger partial charge in [0.1, 0.15) is 18.5 Å². The fraction of sp³-hybridized carbons (Fsp3) is 0.400. The molecule has 166 valence electrons. The van der Waals surface area contributed by atoms with Crippen molar-refractivity contribution < 1.29 is 14.6 Å². The third-order valence-electron chi connectivity index (χ3n) is 4.95. The number of aryl methyl sites for hydroxylation is 2. The predicted molar refractivity (Wildman–Crippen MR) is 115 cm³/mol. The first-order valence-corrected chi connectivity index (χ1v) is 9.71. The number of likely N-dealkylation sites (N-methyl/N-ethyl adjacent to an activating group) is 1. The molecule has 1 unspecified atom stereocenters. The molecule has 11 heteroatoms. The molecule has 3 aromatic rings. The van der Waals surface area contributed by atoms with Crippen molar-refractivity contribution in [2.75, 3.05) is 25.5 Å². The van der Waals surface area contributed by atoms with Crippen molar-refractivity contribution in [1.82, 2.24) is 24.0 Å². The van der Waals surface area contributed by atoms with Crippen LogP contribution >= 0.6 is 0 Å². The molecule has 1 aromatic carbocycles. The monoisotopic (exact) mass is 430 g/mol. The van der Waals surface area contributed by atoms with Gasteiger partial charge in [0, 0.05) is 21.1 Å². The standard InChI is InChI=1S/C20H26N6O5/c1-12-7-5-6-8-14(12)31-11-13(27)10-26-16-17(23-19(26)22-9-15(28)21-2)24(3)20(30)25(4)18(16)29/h5-8,13,27H,9-11H2,1-4H3,(H,21,28)(H,22,23). The Morgan fingerprint density at radius 3 is 2.61 bits per heavy atom. The average Bonchev–Trinajstić information content (AvgIpc) is 3.12. The number of carbonyl (C=O) groups is 1. The van der Waals surface area contributed by atoms with E-state index in [1.807, 2.05) is 25.1 Å². The van der Waals surface area contributed by atoms with Crippen LogP contribution in [0.1, 0.15) is 5.56 Å². The Hall–Kier alpha value is -3.60. The topological polar surface area (TPSA) is 132 Å². The number of aliphatic hydroxyl groups excluding tert-OH is 1. The molecule has 0 saturated carbocycles. The number of fused-ring (bicyclic) bond motifs is 1. The summed E-state index contributed by atoms with van der Waals surface area (Å²) >= 11 is 0. The van der Waals surface area contributed by atoms with Gasteiger partial charge in [0.05, 0.1) is 13.1 Å². The molecule has 11 nitrogen and oxygen atoms in total. The third kappa shape index (κ3) is 4.45. The Bertz CT molecular complexity index is 1230. The molecule has 0 radical (unpaired) electrons. The maximum Gasteiger partial charge on any atom is 0.332 e. The first-order valence-electron chi connectivity index (χ1n) is 9.71. The zero-order chi connectivity index (χ0) is 22.7. The van der Waals surface area contributed by atoms with Crippen molar-refractivity contribution in [2.24, 2.45) is 14.1 Å². The van der Waals surface area contributed by atoms with E-state index in [0.29, 0.717) is 5.75 Å². The van der Waals surface area contributed by atoms with Crippen LogP contribution in [0, 0.1) is 6.92 Å². The van der Waals surface area contributed by atoms with Crippen molar-refractivity contribution in [1.29, 1.82) is 0 Å². The number of ether oxygens (including phenoxy) is 1. The Balaban J connectivity index is 1.96. The fourth-order valence-electron chi connectivity index (χ4n) is 3.17. The molecule has 1 amide bonds. The normalized spacial score (nSPS) is 12.0. The van der Waals surface area contributed by atoms with Crippen molar-refractivity contribution in [3.8, 4) is 5.75 Å². The number of rotatable bonds is 8. The van der Waals surface area contributed by atoms with Gasteiger partial charge in [-0.15, -0.1) is 0 Å². The zero-order valence-corrected chi connectivity index (χ0v) is 17.9. The summed E-state index contributed by atoms with van der Waals surface area (Å²) in [7, 11) is 4.37. The summed E-state index contributed by atoms with van der Waals surface area (Å²) < 4.78 is 9.39. The third-order valence-corrected chi connectivity index (χ3v) is 4.95. The van der Waals surface area contributed by atoms with Gasteiger partial charge in [0.15, 0.2) is 11.2 Å². The molecule has 0 aliphatic rings. The second-order valence-corrected chi connectivity index (χ2v) is 7.18. The largest absolute Gasteiger partial charge is 0.491 e. The lowest BCUT2D eigenvalue weighted by Crippen LogP contribution is -2.38. The summed E-state index contributed by atoms with van der Waals surface area (Å²) in [4.78, 5) is 41.1. The van der Waals surface area contributed by atoms with Gasteiger partial charge >= 0.3 is 5.69 Å². The number of anilines is 1. The van der Waals surface area contributed by atoms with Crippen LogP contribution in [0.25, 0.3) is 11.2 Å². The summed E-state index contributed by atoms with van der Waals surface area (Å²) in [6.45, 7) is 1.75. The van der Waals surface area contributed by atoms with E-state index in [0.717, 1.165) is 10.1 Å². The van der Waals surface area contributed by atoms with Crippen molar-refractivity contribution in [3.05, 3.63) is 50.7 Å². The van der Waals surface area contributed by atoms with E-state index in [4.69, 9.17) is 4.74 Å². The molecule has 0 aliphatic heterocycles. The predicted octanol–water partition coefficient (Wildman–Crippen LogP) is -0.660. The number of para-hydroxylation sites is 1. The highest BCUT2D eigenvalue weighted by atomic mass is 16.5. The molecule has 0 aliphatic carbocycles. The molecule has 2 heterocycles. The number of benzene rings is 1. The Labute approximate surface area is 177 Å². The van der Waals surface area contributed by atoms with Crippen LogP contribution < -0.4 is 26.6 Å². The molecule has 0 saturated heterocycles. The number of nitrogens with one attached hydrogen (secondary N) is 2. The van der Waals surface area contributed by atoms with Crippen LogP contribution in [0.3, 0.4) is 0 Å². The number of aromatic nitrogens is 4. The van der Waals surface area contributed by atoms with Crippen LogP contribution in [0.2, 0.25) is 0 Å². The van der Waals surface area contributed by atoms with Crippen LogP contribution in [-0.2, 0) is 25.4 Å². The lowest BCUT2D eigenvalue weighted by Gasteiger charge is -2.16. The lowest BCUT2D eigenvalue weighted by atomic mass is 10.2. The number of amides is 1. The highest BCUT2D eigenvalue weighted by molar-refractivity contribution is 5.81. The van der Waals surface area contributed by atoms with Crippen molar-refractivity contribution >= 4 is 23.0 Å². The van der Waals surface area contributed by atoms with Gasteiger partial charge in [-0.1, -0.05) is 18.2 Å². The van der Waals surface area contributed by atoms with E-state index < -0.39 is 17.4 Å². The van der Waals surface area contributed by atoms with E-state index in [-0.39, 0.29) is 42.7 Å². The minimum Gasteiger partial charge on any atom is -0.491 e. The van der Waals surface area contributed by atoms with Gasteiger partial charge < -0.3 is 25.0 Å². The molecule has 3 N–H and O–H groups in total. The first kappa shape index (κ1) is 22.1. The highest BCUT2D eigenvalue weighted by Crippen LogP contribution is 2.18. The van der Waals surface area contributed by atoms with Gasteiger partial charge in [0.25, 0.3) is 5.56 Å². The maximum absolute atomic E-state index is 12.8. The SMILES string of the molecule is CNC(=O)CNc1nc2c(c(=O)n(C)c(=O)n2C)n1CC(O)COc1ccccc1C. The molecule has 0 fully saturated rings. The van der Waals surface area contributed by atoms with Gasteiger partial charge in [-0.3, -0.25) is 18.7 Å². The average molecular weight is 430 g/mol. The van der Waals surface area contributed by atoms with E-state index in [2.05, 4.69) is 15.6 Å².